The zero-order chi connectivity index (χ0) is 19.6. The van der Waals surface area contributed by atoms with Gasteiger partial charge < -0.3 is 25.6 Å². The van der Waals surface area contributed by atoms with Crippen molar-refractivity contribution in [3.05, 3.63) is 34.8 Å². The number of amides is 2. The minimum Gasteiger partial charge on any atom is -0.489 e. The molecule has 2 aromatic rings. The zero-order valence-corrected chi connectivity index (χ0v) is 16.4. The molecule has 0 fully saturated rings. The van der Waals surface area contributed by atoms with Gasteiger partial charge in [-0.25, -0.2) is 4.98 Å². The van der Waals surface area contributed by atoms with Gasteiger partial charge in [0.1, 0.15) is 12.4 Å². The van der Waals surface area contributed by atoms with Gasteiger partial charge >= 0.3 is 0 Å². The van der Waals surface area contributed by atoms with Gasteiger partial charge in [-0.2, -0.15) is 0 Å². The van der Waals surface area contributed by atoms with Crippen LogP contribution in [0.1, 0.15) is 22.5 Å². The summed E-state index contributed by atoms with van der Waals surface area (Å²) in [7, 11) is 5.33. The number of aromatic nitrogens is 1. The van der Waals surface area contributed by atoms with Crippen molar-refractivity contribution in [3.8, 4) is 5.75 Å². The molecule has 1 aromatic heterocycles. The second kappa shape index (κ2) is 7.83. The Morgan fingerprint density at radius 3 is 2.89 bits per heavy atom. The van der Waals surface area contributed by atoms with E-state index in [1.165, 1.54) is 16.2 Å². The first-order chi connectivity index (χ1) is 12.8. The summed E-state index contributed by atoms with van der Waals surface area (Å²) >= 11 is 1.35. The van der Waals surface area contributed by atoms with Gasteiger partial charge in [0.15, 0.2) is 5.13 Å². The fraction of sp³-hybridized carbons (Fsp3) is 0.389. The van der Waals surface area contributed by atoms with E-state index in [2.05, 4.69) is 10.3 Å². The van der Waals surface area contributed by atoms with Gasteiger partial charge in [0.05, 0.1) is 30.4 Å². The van der Waals surface area contributed by atoms with Gasteiger partial charge in [0.25, 0.3) is 5.91 Å². The molecule has 2 amide bonds. The largest absolute Gasteiger partial charge is 0.489 e. The van der Waals surface area contributed by atoms with Crippen LogP contribution < -0.4 is 20.7 Å². The molecule has 27 heavy (non-hydrogen) atoms. The summed E-state index contributed by atoms with van der Waals surface area (Å²) in [6.07, 6.45) is 0.279. The van der Waals surface area contributed by atoms with Crippen molar-refractivity contribution in [2.24, 2.45) is 0 Å². The van der Waals surface area contributed by atoms with E-state index in [0.29, 0.717) is 29.6 Å². The standard InChI is InChI=1S/C18H23N5O3S/c1-22(2)17(25)11-4-5-15-14(6-11)23(3)13(9-26-15)7-16(24)20-8-12-10-27-18(19)21-12/h4-6,10,13H,7-9H2,1-3H3,(H2,19,21)(H,20,24)/t13-/m1/s1. The van der Waals surface area contributed by atoms with Gasteiger partial charge in [-0.1, -0.05) is 0 Å². The molecule has 0 spiro atoms. The Morgan fingerprint density at radius 1 is 1.44 bits per heavy atom. The number of fused-ring (bicyclic) bond motifs is 1. The van der Waals surface area contributed by atoms with Crippen LogP contribution in [-0.4, -0.2) is 55.5 Å². The quantitative estimate of drug-likeness (QED) is 0.800. The lowest BCUT2D eigenvalue weighted by molar-refractivity contribution is -0.121. The number of nitrogens with one attached hydrogen (secondary N) is 1. The molecule has 0 aliphatic carbocycles. The number of hydrogen-bond acceptors (Lipinski definition) is 7. The van der Waals surface area contributed by atoms with Crippen molar-refractivity contribution in [2.45, 2.75) is 19.0 Å². The van der Waals surface area contributed by atoms with Gasteiger partial charge in [-0.3, -0.25) is 9.59 Å². The summed E-state index contributed by atoms with van der Waals surface area (Å²) in [6.45, 7) is 0.753. The number of carbonyl (C=O) groups is 2. The molecule has 3 N–H and O–H groups in total. The highest BCUT2D eigenvalue weighted by Gasteiger charge is 2.27. The van der Waals surface area contributed by atoms with Gasteiger partial charge in [-0.05, 0) is 18.2 Å². The highest BCUT2D eigenvalue weighted by Crippen LogP contribution is 2.34. The van der Waals surface area contributed by atoms with Crippen LogP contribution in [0.4, 0.5) is 10.8 Å². The Morgan fingerprint density at radius 2 is 2.22 bits per heavy atom. The molecule has 0 saturated heterocycles. The monoisotopic (exact) mass is 389 g/mol. The number of nitrogens with zero attached hydrogens (tertiary/aromatic N) is 3. The maximum absolute atomic E-state index is 12.3. The van der Waals surface area contributed by atoms with Crippen LogP contribution >= 0.6 is 11.3 Å². The van der Waals surface area contributed by atoms with Crippen LogP contribution in [0.2, 0.25) is 0 Å². The average Bonchev–Trinajstić information content (AvgIpc) is 3.07. The molecule has 144 valence electrons. The Labute approximate surface area is 161 Å². The Balaban J connectivity index is 1.64. The highest BCUT2D eigenvalue weighted by atomic mass is 32.1. The molecule has 8 nitrogen and oxygen atoms in total. The molecule has 1 aliphatic heterocycles. The van der Waals surface area contributed by atoms with Crippen LogP contribution in [0, 0.1) is 0 Å². The van der Waals surface area contributed by atoms with Crippen molar-refractivity contribution in [3.63, 3.8) is 0 Å². The van der Waals surface area contributed by atoms with Crippen molar-refractivity contribution >= 4 is 34.0 Å². The van der Waals surface area contributed by atoms with E-state index >= 15 is 0 Å². The van der Waals surface area contributed by atoms with Gasteiger partial charge in [0, 0.05) is 32.1 Å². The number of ether oxygens (including phenoxy) is 1. The van der Waals surface area contributed by atoms with Crippen molar-refractivity contribution in [2.75, 3.05) is 38.4 Å². The van der Waals surface area contributed by atoms with Crippen LogP contribution in [0.15, 0.2) is 23.6 Å². The lowest BCUT2D eigenvalue weighted by atomic mass is 10.1. The molecule has 9 heteroatoms. The zero-order valence-electron chi connectivity index (χ0n) is 15.6. The molecule has 3 rings (SSSR count). The molecular weight excluding hydrogens is 366 g/mol. The normalized spacial score (nSPS) is 15.7. The summed E-state index contributed by atoms with van der Waals surface area (Å²) in [5.41, 5.74) is 7.73. The molecule has 0 bridgehead atoms. The minimum atomic E-state index is -0.122. The first-order valence-electron chi connectivity index (χ1n) is 8.53. The summed E-state index contributed by atoms with van der Waals surface area (Å²) in [6, 6.07) is 5.23. The maximum Gasteiger partial charge on any atom is 0.253 e. The number of benzene rings is 1. The van der Waals surface area contributed by atoms with E-state index in [-0.39, 0.29) is 24.3 Å². The van der Waals surface area contributed by atoms with Gasteiger partial charge in [0.2, 0.25) is 5.91 Å². The Hall–Kier alpha value is -2.81. The molecule has 1 aliphatic rings. The van der Waals surface area contributed by atoms with Crippen molar-refractivity contribution in [1.82, 2.24) is 15.2 Å². The fourth-order valence-electron chi connectivity index (χ4n) is 2.88. The SMILES string of the molecule is CN(C)C(=O)c1ccc2c(c1)N(C)[C@H](CC(=O)NCc1csc(N)n1)CO2. The Bertz CT molecular complexity index is 851. The third kappa shape index (κ3) is 4.30. The lowest BCUT2D eigenvalue weighted by Crippen LogP contribution is -2.43. The second-order valence-electron chi connectivity index (χ2n) is 6.62. The number of anilines is 2. The van der Waals surface area contributed by atoms with Crippen LogP contribution in [0.3, 0.4) is 0 Å². The fourth-order valence-corrected chi connectivity index (χ4v) is 3.44. The van der Waals surface area contributed by atoms with E-state index in [9.17, 15) is 9.59 Å². The number of nitrogen functional groups attached to an aromatic ring is 1. The number of carbonyl (C=O) groups excluding carboxylic acids is 2. The summed E-state index contributed by atoms with van der Waals surface area (Å²) in [4.78, 5) is 32.2. The summed E-state index contributed by atoms with van der Waals surface area (Å²) < 4.78 is 5.79. The maximum atomic E-state index is 12.3. The number of nitrogens with two attached hydrogens (primary N) is 1. The summed E-state index contributed by atoms with van der Waals surface area (Å²) in [5, 5.41) is 5.17. The van der Waals surface area contributed by atoms with Gasteiger partial charge in [-0.15, -0.1) is 11.3 Å². The van der Waals surface area contributed by atoms with Crippen LogP contribution in [0.5, 0.6) is 5.75 Å². The average molecular weight is 389 g/mol. The molecular formula is C18H23N5O3S. The second-order valence-corrected chi connectivity index (χ2v) is 7.51. The topological polar surface area (TPSA) is 101 Å². The minimum absolute atomic E-state index is 0.0754. The third-order valence-electron chi connectivity index (χ3n) is 4.43. The first kappa shape index (κ1) is 19.0. The molecule has 0 unspecified atom stereocenters. The summed E-state index contributed by atoms with van der Waals surface area (Å²) in [5.74, 6) is 0.544. The third-order valence-corrected chi connectivity index (χ3v) is 5.15. The number of rotatable bonds is 5. The van der Waals surface area contributed by atoms with Crippen molar-refractivity contribution < 1.29 is 14.3 Å². The molecule has 1 atom stereocenters. The van der Waals surface area contributed by atoms with E-state index < -0.39 is 0 Å². The smallest absolute Gasteiger partial charge is 0.253 e. The number of likely N-dealkylation sites (N-methyl/N-ethyl adjacent to an activating group) is 1. The highest BCUT2D eigenvalue weighted by molar-refractivity contribution is 7.13. The van der Waals surface area contributed by atoms with E-state index in [1.807, 2.05) is 17.3 Å². The molecule has 0 radical (unpaired) electrons. The molecule has 0 saturated carbocycles. The first-order valence-corrected chi connectivity index (χ1v) is 9.41. The van der Waals surface area contributed by atoms with Crippen molar-refractivity contribution in [1.29, 1.82) is 0 Å². The molecule has 1 aromatic carbocycles. The van der Waals surface area contributed by atoms with Crippen LogP contribution in [-0.2, 0) is 11.3 Å². The predicted octanol–water partition coefficient (Wildman–Crippen LogP) is 1.33. The number of hydrogen-bond donors (Lipinski definition) is 2. The van der Waals surface area contributed by atoms with E-state index in [0.717, 1.165) is 11.4 Å². The lowest BCUT2D eigenvalue weighted by Gasteiger charge is -2.35. The predicted molar refractivity (Wildman–Crippen MR) is 105 cm³/mol. The van der Waals surface area contributed by atoms with Crippen LogP contribution in [0.25, 0.3) is 0 Å². The van der Waals surface area contributed by atoms with E-state index in [4.69, 9.17) is 10.5 Å². The molecule has 2 heterocycles. The number of thiazole rings is 1. The Kier molecular flexibility index (Phi) is 5.50. The van der Waals surface area contributed by atoms with E-state index in [1.54, 1.807) is 32.3 Å².